The van der Waals surface area contributed by atoms with Gasteiger partial charge in [-0.15, -0.1) is 0 Å². The number of H-pyrrole nitrogens is 1. The second kappa shape index (κ2) is 4.42. The lowest BCUT2D eigenvalue weighted by Crippen LogP contribution is -2.49. The number of nitrogens with one attached hydrogen (secondary N) is 1. The largest absolute Gasteiger partial charge is 0.322 e. The maximum atomic E-state index is 11.7. The molecule has 4 fully saturated rings. The third kappa shape index (κ3) is 1.93. The van der Waals surface area contributed by atoms with E-state index in [2.05, 4.69) is 9.97 Å². The summed E-state index contributed by atoms with van der Waals surface area (Å²) in [6.07, 6.45) is 6.87. The quantitative estimate of drug-likeness (QED) is 0.867. The molecule has 0 radical (unpaired) electrons. The summed E-state index contributed by atoms with van der Waals surface area (Å²) in [6, 6.07) is 1.54. The lowest BCUT2D eigenvalue weighted by Gasteiger charge is -2.55. The van der Waals surface area contributed by atoms with Crippen molar-refractivity contribution in [2.45, 2.75) is 45.1 Å². The number of aromatic nitrogens is 2. The van der Waals surface area contributed by atoms with E-state index in [9.17, 15) is 4.79 Å². The highest BCUT2D eigenvalue weighted by Gasteiger charge is 2.50. The van der Waals surface area contributed by atoms with Crippen molar-refractivity contribution in [3.8, 4) is 0 Å². The third-order valence-corrected chi connectivity index (χ3v) is 5.94. The summed E-state index contributed by atoms with van der Waals surface area (Å²) in [7, 11) is 0. The molecule has 1 aromatic rings. The Balaban J connectivity index is 1.65. The van der Waals surface area contributed by atoms with Gasteiger partial charge in [0.15, 0.2) is 0 Å². The first-order chi connectivity index (χ1) is 9.60. The van der Waals surface area contributed by atoms with Gasteiger partial charge < -0.3 is 10.7 Å². The van der Waals surface area contributed by atoms with Gasteiger partial charge in [-0.2, -0.15) is 0 Å². The van der Waals surface area contributed by atoms with Crippen LogP contribution >= 0.6 is 0 Å². The van der Waals surface area contributed by atoms with E-state index in [1.807, 2.05) is 6.92 Å². The molecule has 0 aromatic carbocycles. The molecule has 0 spiro atoms. The first kappa shape index (κ1) is 12.6. The van der Waals surface area contributed by atoms with Crippen molar-refractivity contribution in [2.75, 3.05) is 0 Å². The molecule has 1 atom stereocenters. The molecule has 108 valence electrons. The van der Waals surface area contributed by atoms with Crippen LogP contribution in [0.15, 0.2) is 10.9 Å². The lowest BCUT2D eigenvalue weighted by atomic mass is 9.50. The van der Waals surface area contributed by atoms with Gasteiger partial charge >= 0.3 is 0 Å². The fourth-order valence-electron chi connectivity index (χ4n) is 5.52. The minimum atomic E-state index is -0.0771. The van der Waals surface area contributed by atoms with Crippen molar-refractivity contribution in [1.82, 2.24) is 9.97 Å². The van der Waals surface area contributed by atoms with Crippen LogP contribution in [0.3, 0.4) is 0 Å². The predicted molar refractivity (Wildman–Crippen MR) is 77.1 cm³/mol. The van der Waals surface area contributed by atoms with E-state index < -0.39 is 0 Å². The number of rotatable bonds is 2. The molecule has 1 unspecified atom stereocenters. The fourth-order valence-corrected chi connectivity index (χ4v) is 5.52. The zero-order chi connectivity index (χ0) is 13.9. The number of nitrogens with zero attached hydrogens (tertiary/aromatic N) is 1. The van der Waals surface area contributed by atoms with E-state index >= 15 is 0 Å². The first-order valence-corrected chi connectivity index (χ1v) is 7.93. The summed E-state index contributed by atoms with van der Waals surface area (Å²) in [5, 5.41) is 0. The van der Waals surface area contributed by atoms with E-state index in [1.54, 1.807) is 6.07 Å². The maximum absolute atomic E-state index is 11.7. The van der Waals surface area contributed by atoms with Crippen molar-refractivity contribution >= 4 is 0 Å². The third-order valence-electron chi connectivity index (χ3n) is 5.94. The van der Waals surface area contributed by atoms with Crippen LogP contribution in [0.5, 0.6) is 0 Å². The molecule has 1 aromatic heterocycles. The summed E-state index contributed by atoms with van der Waals surface area (Å²) >= 11 is 0. The zero-order valence-electron chi connectivity index (χ0n) is 12.0. The number of hydrogen-bond acceptors (Lipinski definition) is 3. The molecule has 4 aliphatic carbocycles. The number of aryl methyl sites for hydroxylation is 1. The van der Waals surface area contributed by atoms with Gasteiger partial charge in [-0.25, -0.2) is 4.98 Å². The Bertz CT molecular complexity index is 551. The van der Waals surface area contributed by atoms with E-state index in [0.29, 0.717) is 11.7 Å². The minimum absolute atomic E-state index is 0.0639. The van der Waals surface area contributed by atoms with Crippen molar-refractivity contribution in [3.63, 3.8) is 0 Å². The molecule has 5 rings (SSSR count). The van der Waals surface area contributed by atoms with Crippen LogP contribution in [0, 0.1) is 36.5 Å². The minimum Gasteiger partial charge on any atom is -0.322 e. The molecule has 4 heteroatoms. The molecule has 0 aliphatic heterocycles. The van der Waals surface area contributed by atoms with Gasteiger partial charge in [0.1, 0.15) is 5.82 Å². The SMILES string of the molecule is Cc1nc(C(N)C2C3CC4CC(C3)CC2C4)cc(=O)[nH]1. The van der Waals surface area contributed by atoms with Crippen molar-refractivity contribution in [2.24, 2.45) is 35.3 Å². The Morgan fingerprint density at radius 2 is 1.80 bits per heavy atom. The van der Waals surface area contributed by atoms with Gasteiger partial charge in [-0.3, -0.25) is 4.79 Å². The first-order valence-electron chi connectivity index (χ1n) is 7.93. The molecule has 20 heavy (non-hydrogen) atoms. The van der Waals surface area contributed by atoms with Crippen LogP contribution in [0.25, 0.3) is 0 Å². The Kier molecular flexibility index (Phi) is 2.78. The molecule has 3 N–H and O–H groups in total. The molecule has 0 amide bonds. The Morgan fingerprint density at radius 1 is 1.20 bits per heavy atom. The van der Waals surface area contributed by atoms with E-state index in [-0.39, 0.29) is 11.6 Å². The van der Waals surface area contributed by atoms with Crippen molar-refractivity contribution < 1.29 is 0 Å². The summed E-state index contributed by atoms with van der Waals surface area (Å²) in [5.41, 5.74) is 7.26. The lowest BCUT2D eigenvalue weighted by molar-refractivity contribution is -0.0477. The van der Waals surface area contributed by atoms with Crippen LogP contribution in [0.2, 0.25) is 0 Å². The maximum Gasteiger partial charge on any atom is 0.251 e. The monoisotopic (exact) mass is 273 g/mol. The van der Waals surface area contributed by atoms with Crippen LogP contribution in [0.1, 0.15) is 49.7 Å². The highest BCUT2D eigenvalue weighted by Crippen LogP contribution is 2.58. The van der Waals surface area contributed by atoms with Gasteiger partial charge in [0.25, 0.3) is 5.56 Å². The summed E-state index contributed by atoms with van der Waals surface area (Å²) < 4.78 is 0. The summed E-state index contributed by atoms with van der Waals surface area (Å²) in [4.78, 5) is 18.8. The average Bonchev–Trinajstić information content (AvgIpc) is 2.35. The van der Waals surface area contributed by atoms with Gasteiger partial charge in [-0.05, 0) is 68.6 Å². The fraction of sp³-hybridized carbons (Fsp3) is 0.750. The molecular formula is C16H23N3O. The molecule has 4 aliphatic rings. The molecule has 4 saturated carbocycles. The van der Waals surface area contributed by atoms with Crippen LogP contribution in [-0.4, -0.2) is 9.97 Å². The van der Waals surface area contributed by atoms with Gasteiger partial charge in [0.05, 0.1) is 11.7 Å². The van der Waals surface area contributed by atoms with Gasteiger partial charge in [0, 0.05) is 6.07 Å². The Labute approximate surface area is 119 Å². The van der Waals surface area contributed by atoms with E-state index in [4.69, 9.17) is 5.73 Å². The summed E-state index contributed by atoms with van der Waals surface area (Å²) in [6.45, 7) is 1.83. The zero-order valence-corrected chi connectivity index (χ0v) is 12.0. The normalized spacial score (nSPS) is 40.0. The number of hydrogen-bond donors (Lipinski definition) is 2. The topological polar surface area (TPSA) is 71.8 Å². The second-order valence-electron chi connectivity index (χ2n) is 7.29. The van der Waals surface area contributed by atoms with E-state index in [0.717, 1.165) is 29.4 Å². The molecular weight excluding hydrogens is 250 g/mol. The predicted octanol–water partition coefficient (Wildman–Crippen LogP) is 2.15. The highest BCUT2D eigenvalue weighted by molar-refractivity contribution is 5.12. The smallest absolute Gasteiger partial charge is 0.251 e. The van der Waals surface area contributed by atoms with E-state index in [1.165, 1.54) is 32.1 Å². The highest BCUT2D eigenvalue weighted by atomic mass is 16.1. The second-order valence-corrected chi connectivity index (χ2v) is 7.29. The van der Waals surface area contributed by atoms with Crippen LogP contribution in [-0.2, 0) is 0 Å². The summed E-state index contributed by atoms with van der Waals surface area (Å²) in [5.74, 6) is 4.65. The van der Waals surface area contributed by atoms with Crippen LogP contribution in [0.4, 0.5) is 0 Å². The average molecular weight is 273 g/mol. The molecule has 0 saturated heterocycles. The molecule has 4 nitrogen and oxygen atoms in total. The number of aromatic amines is 1. The number of nitrogens with two attached hydrogens (primary N) is 1. The molecule has 4 bridgehead atoms. The van der Waals surface area contributed by atoms with Gasteiger partial charge in [0.2, 0.25) is 0 Å². The van der Waals surface area contributed by atoms with Gasteiger partial charge in [-0.1, -0.05) is 0 Å². The Morgan fingerprint density at radius 3 is 2.35 bits per heavy atom. The van der Waals surface area contributed by atoms with Crippen molar-refractivity contribution in [1.29, 1.82) is 0 Å². The van der Waals surface area contributed by atoms with Crippen LogP contribution < -0.4 is 11.3 Å². The Hall–Kier alpha value is -1.16. The standard InChI is InChI=1S/C16H23N3O/c1-8-18-13(7-14(20)19-8)16(17)15-11-3-9-2-10(5-11)6-12(15)4-9/h7,9-12,15-16H,2-6,17H2,1H3,(H,18,19,20). The molecule has 1 heterocycles. The van der Waals surface area contributed by atoms with Crippen molar-refractivity contribution in [3.05, 3.63) is 27.9 Å².